The van der Waals surface area contributed by atoms with Crippen LogP contribution in [0, 0.1) is 23.2 Å². The highest BCUT2D eigenvalue weighted by atomic mass is 31.2. The van der Waals surface area contributed by atoms with Crippen LogP contribution in [-0.4, -0.2) is 64.5 Å². The van der Waals surface area contributed by atoms with Gasteiger partial charge in [-0.05, 0) is 50.1 Å². The number of carboxylic acid groups (broad SMARTS) is 1. The minimum absolute atomic E-state index is 0.0204. The molecule has 1 aromatic carbocycles. The minimum atomic E-state index is -1.76. The summed E-state index contributed by atoms with van der Waals surface area (Å²) >= 11 is 0. The molecule has 0 saturated carbocycles. The van der Waals surface area contributed by atoms with Crippen LogP contribution < -0.4 is 15.5 Å². The molecule has 0 radical (unpaired) electrons. The van der Waals surface area contributed by atoms with E-state index in [1.807, 2.05) is 49.0 Å². The Morgan fingerprint density at radius 2 is 1.90 bits per heavy atom. The predicted molar refractivity (Wildman–Crippen MR) is 167 cm³/mol. The maximum absolute atomic E-state index is 12.5. The Balaban J connectivity index is 1.31. The fourth-order valence-electron chi connectivity index (χ4n) is 8.77. The monoisotopic (exact) mass is 592 g/mol. The Kier molecular flexibility index (Phi) is 6.95. The van der Waals surface area contributed by atoms with Crippen LogP contribution in [0.15, 0.2) is 36.5 Å². The number of benzene rings is 1. The standard InChI is InChI=1S/C32H42N5O4P/c1-21-24(14-34-37(21)17-32(5)16-31(4)15-30(2,3)18-42(19-31,20-32)41-33)23-8-9-25(35-28(23)29(38)39)22-7-10-27-26(13-22)36(6)11-12-40-27/h7-10,13-14H,11-12,15-20,33H2,1-6H3/p+1. The van der Waals surface area contributed by atoms with Crippen LogP contribution in [0.25, 0.3) is 22.4 Å². The largest absolute Gasteiger partial charge is 0.490 e. The van der Waals surface area contributed by atoms with Crippen molar-refractivity contribution in [2.24, 2.45) is 22.1 Å². The van der Waals surface area contributed by atoms with Crippen molar-refractivity contribution in [3.63, 3.8) is 0 Å². The second-order valence-electron chi connectivity index (χ2n) is 14.4. The Bertz CT molecular complexity index is 1550. The van der Waals surface area contributed by atoms with E-state index >= 15 is 0 Å². The van der Waals surface area contributed by atoms with Gasteiger partial charge < -0.3 is 14.7 Å². The summed E-state index contributed by atoms with van der Waals surface area (Å²) in [6.45, 7) is 13.6. The zero-order chi connectivity index (χ0) is 30.1. The van der Waals surface area contributed by atoms with Gasteiger partial charge in [0.1, 0.15) is 12.4 Å². The number of anilines is 1. The second-order valence-corrected chi connectivity index (χ2v) is 17.7. The lowest BCUT2D eigenvalue weighted by Crippen LogP contribution is -2.51. The van der Waals surface area contributed by atoms with Crippen molar-refractivity contribution >= 4 is 19.1 Å². The highest BCUT2D eigenvalue weighted by Gasteiger charge is 2.64. The summed E-state index contributed by atoms with van der Waals surface area (Å²) in [6, 6.07) is 9.61. The molecule has 42 heavy (non-hydrogen) atoms. The highest BCUT2D eigenvalue weighted by molar-refractivity contribution is 7.71. The topological polar surface area (TPSA) is 116 Å². The van der Waals surface area contributed by atoms with E-state index < -0.39 is 13.5 Å². The summed E-state index contributed by atoms with van der Waals surface area (Å²) < 4.78 is 13.7. The summed E-state index contributed by atoms with van der Waals surface area (Å²) in [5.41, 5.74) is 5.13. The van der Waals surface area contributed by atoms with Crippen LogP contribution in [0.2, 0.25) is 0 Å². The van der Waals surface area contributed by atoms with Crippen LogP contribution in [0.3, 0.4) is 0 Å². The molecule has 2 bridgehead atoms. The van der Waals surface area contributed by atoms with Crippen molar-refractivity contribution < 1.29 is 19.3 Å². The van der Waals surface area contributed by atoms with Gasteiger partial charge in [-0.2, -0.15) is 15.6 Å². The molecule has 3 atom stereocenters. The van der Waals surface area contributed by atoms with Crippen molar-refractivity contribution in [3.05, 3.63) is 47.9 Å². The smallest absolute Gasteiger partial charge is 0.355 e. The molecule has 10 heteroatoms. The molecule has 2 saturated heterocycles. The van der Waals surface area contributed by atoms with Crippen molar-refractivity contribution in [2.45, 2.75) is 54.0 Å². The summed E-state index contributed by atoms with van der Waals surface area (Å²) in [7, 11) is 0.262. The molecule has 5 heterocycles. The van der Waals surface area contributed by atoms with Crippen LogP contribution in [0.5, 0.6) is 5.75 Å². The molecule has 3 aliphatic heterocycles. The molecule has 2 fully saturated rings. The van der Waals surface area contributed by atoms with E-state index in [0.717, 1.165) is 72.7 Å². The zero-order valence-electron chi connectivity index (χ0n) is 25.6. The van der Waals surface area contributed by atoms with E-state index in [4.69, 9.17) is 20.4 Å². The number of aromatic nitrogens is 3. The van der Waals surface area contributed by atoms with E-state index in [0.29, 0.717) is 17.9 Å². The molecule has 224 valence electrons. The SMILES string of the molecule is Cc1c(-c2ccc(-c3ccc4c(c3)N(C)CCO4)nc2C(=O)O)cnn1CC1(C)CC2(C)CC(C)(C)C[P+](ON)(C1)C2. The number of rotatable bonds is 6. The molecule has 0 spiro atoms. The average molecular weight is 593 g/mol. The molecule has 2 aromatic heterocycles. The molecular formula is C32H43N5O4P+. The van der Waals surface area contributed by atoms with Gasteiger partial charge in [0.2, 0.25) is 0 Å². The highest BCUT2D eigenvalue weighted by Crippen LogP contribution is 2.76. The van der Waals surface area contributed by atoms with Crippen LogP contribution in [0.1, 0.15) is 56.7 Å². The predicted octanol–water partition coefficient (Wildman–Crippen LogP) is 6.12. The number of fused-ring (bicyclic) bond motifs is 3. The van der Waals surface area contributed by atoms with Crippen molar-refractivity contribution in [2.75, 3.05) is 43.6 Å². The summed E-state index contributed by atoms with van der Waals surface area (Å²) in [6.07, 6.45) is 7.15. The average Bonchev–Trinajstić information content (AvgIpc) is 3.25. The Morgan fingerprint density at radius 1 is 1.12 bits per heavy atom. The summed E-state index contributed by atoms with van der Waals surface area (Å²) in [5, 5.41) is 15.0. The van der Waals surface area contributed by atoms with Crippen molar-refractivity contribution in [1.82, 2.24) is 14.8 Å². The first-order valence-electron chi connectivity index (χ1n) is 14.7. The van der Waals surface area contributed by atoms with E-state index in [2.05, 4.69) is 37.6 Å². The Hall–Kier alpha value is -3.00. The quantitative estimate of drug-likeness (QED) is 0.260. The first-order valence-corrected chi connectivity index (χ1v) is 17.0. The third-order valence-corrected chi connectivity index (χ3v) is 14.0. The maximum atomic E-state index is 12.5. The molecule has 9 nitrogen and oxygen atoms in total. The lowest BCUT2D eigenvalue weighted by molar-refractivity contribution is 0.0691. The number of likely N-dealkylation sites (N-methyl/N-ethyl adjacent to an activating group) is 1. The fourth-order valence-corrected chi connectivity index (χ4v) is 14.2. The normalized spacial score (nSPS) is 28.2. The first kappa shape index (κ1) is 29.1. The third-order valence-electron chi connectivity index (χ3n) is 9.41. The lowest BCUT2D eigenvalue weighted by atomic mass is 9.67. The minimum Gasteiger partial charge on any atom is -0.490 e. The van der Waals surface area contributed by atoms with Crippen LogP contribution in [0.4, 0.5) is 5.69 Å². The molecule has 3 aromatic rings. The number of carboxylic acids is 1. The molecule has 6 rings (SSSR count). The van der Waals surface area contributed by atoms with E-state index in [1.54, 1.807) is 6.20 Å². The van der Waals surface area contributed by atoms with Gasteiger partial charge in [0.25, 0.3) is 0 Å². The molecule has 0 amide bonds. The van der Waals surface area contributed by atoms with E-state index in [-0.39, 0.29) is 21.9 Å². The number of aromatic carboxylic acids is 1. The third kappa shape index (κ3) is 5.20. The van der Waals surface area contributed by atoms with E-state index in [1.165, 1.54) is 0 Å². The number of ether oxygens (including phenoxy) is 1. The van der Waals surface area contributed by atoms with Gasteiger partial charge in [0.05, 0.1) is 49.2 Å². The maximum Gasteiger partial charge on any atom is 0.355 e. The first-order chi connectivity index (χ1) is 19.7. The van der Waals surface area contributed by atoms with Gasteiger partial charge >= 0.3 is 5.97 Å². The Labute approximate surface area is 248 Å². The molecule has 3 N–H and O–H groups in total. The zero-order valence-corrected chi connectivity index (χ0v) is 26.5. The van der Waals surface area contributed by atoms with Crippen LogP contribution >= 0.6 is 7.49 Å². The van der Waals surface area contributed by atoms with Gasteiger partial charge in [-0.25, -0.2) is 9.78 Å². The number of hydrogen-bond donors (Lipinski definition) is 2. The van der Waals surface area contributed by atoms with Gasteiger partial charge in [0.15, 0.2) is 13.2 Å². The number of hydrogen-bond acceptors (Lipinski definition) is 7. The van der Waals surface area contributed by atoms with Crippen molar-refractivity contribution in [3.8, 4) is 28.1 Å². The Morgan fingerprint density at radius 3 is 2.64 bits per heavy atom. The van der Waals surface area contributed by atoms with Gasteiger partial charge in [-0.15, -0.1) is 0 Å². The summed E-state index contributed by atoms with van der Waals surface area (Å²) in [4.78, 5) is 19.2. The van der Waals surface area contributed by atoms with Crippen molar-refractivity contribution in [1.29, 1.82) is 0 Å². The number of pyridine rings is 1. The number of nitrogens with two attached hydrogens (primary N) is 1. The molecule has 0 aliphatic carbocycles. The van der Waals surface area contributed by atoms with Gasteiger partial charge in [-0.3, -0.25) is 4.68 Å². The van der Waals surface area contributed by atoms with Crippen LogP contribution in [-0.2, 0) is 11.2 Å². The lowest BCUT2D eigenvalue weighted by Gasteiger charge is -2.55. The van der Waals surface area contributed by atoms with Gasteiger partial charge in [-0.1, -0.05) is 27.7 Å². The van der Waals surface area contributed by atoms with E-state index in [9.17, 15) is 9.90 Å². The molecule has 3 aliphatic rings. The van der Waals surface area contributed by atoms with Gasteiger partial charge in [0, 0.05) is 45.7 Å². The number of carbonyl (C=O) groups is 1. The molecular weight excluding hydrogens is 549 g/mol. The second kappa shape index (κ2) is 10.0. The summed E-state index contributed by atoms with van der Waals surface area (Å²) in [5.74, 6) is 5.81. The fraction of sp³-hybridized carbons (Fsp3) is 0.531. The number of nitrogens with zero attached hydrogens (tertiary/aromatic N) is 4. The molecule has 3 unspecified atom stereocenters.